The monoisotopic (exact) mass is 505 g/mol. The van der Waals surface area contributed by atoms with Gasteiger partial charge >= 0.3 is 12.2 Å². The molecular weight excluding hydrogens is 483 g/mol. The number of carbonyl (C=O) groups is 2. The van der Waals surface area contributed by atoms with E-state index >= 15 is 0 Å². The third-order valence-electron chi connectivity index (χ3n) is 5.80. The molecular formula is C25H23ClF3N3O3. The van der Waals surface area contributed by atoms with Crippen molar-refractivity contribution in [3.05, 3.63) is 77.0 Å². The Kier molecular flexibility index (Phi) is 7.07. The van der Waals surface area contributed by atoms with Gasteiger partial charge in [-0.15, -0.1) is 0 Å². The minimum Gasteiger partial charge on any atom is -0.449 e. The lowest BCUT2D eigenvalue weighted by Gasteiger charge is -2.28. The van der Waals surface area contributed by atoms with Gasteiger partial charge in [-0.3, -0.25) is 4.79 Å². The second-order valence-electron chi connectivity index (χ2n) is 8.32. The summed E-state index contributed by atoms with van der Waals surface area (Å²) in [6, 6.07) is 14.9. The number of anilines is 1. The fraction of sp³-hybridized carbons (Fsp3) is 0.280. The highest BCUT2D eigenvalue weighted by molar-refractivity contribution is 6.30. The van der Waals surface area contributed by atoms with Gasteiger partial charge in [-0.1, -0.05) is 54.1 Å². The van der Waals surface area contributed by atoms with E-state index in [4.69, 9.17) is 16.0 Å². The molecule has 35 heavy (non-hydrogen) atoms. The number of benzene rings is 2. The molecule has 0 aliphatic carbocycles. The molecule has 0 bridgehead atoms. The van der Waals surface area contributed by atoms with Crippen molar-refractivity contribution in [1.82, 2.24) is 9.80 Å². The number of halogens is 4. The standard InChI is InChI=1S/C25H23ClF3N3O3/c1-31(15-16-9-11-18(26)12-10-16)23(33)20-8-5-13-32(20)24(34)30-19-14-21(17-6-3-2-4-7-17)35-22(19)25(27,28)29/h2-4,6-7,9-12,14,20H,5,8,13,15H2,1H3,(H,30,34)/t20-/m1/s1. The third kappa shape index (κ3) is 5.62. The van der Waals surface area contributed by atoms with Crippen LogP contribution in [0.25, 0.3) is 11.3 Å². The summed E-state index contributed by atoms with van der Waals surface area (Å²) in [4.78, 5) is 28.8. The van der Waals surface area contributed by atoms with Crippen molar-refractivity contribution in [3.8, 4) is 11.3 Å². The maximum atomic E-state index is 13.6. The fourth-order valence-corrected chi connectivity index (χ4v) is 4.21. The lowest BCUT2D eigenvalue weighted by Crippen LogP contribution is -2.47. The zero-order chi connectivity index (χ0) is 25.2. The van der Waals surface area contributed by atoms with E-state index in [1.807, 2.05) is 0 Å². The first-order valence-electron chi connectivity index (χ1n) is 11.0. The molecule has 0 spiro atoms. The molecule has 1 aromatic heterocycles. The number of furan rings is 1. The second kappa shape index (κ2) is 10.0. The van der Waals surface area contributed by atoms with Crippen molar-refractivity contribution < 1.29 is 27.2 Å². The molecule has 4 rings (SSSR count). The lowest BCUT2D eigenvalue weighted by atomic mass is 10.1. The lowest BCUT2D eigenvalue weighted by molar-refractivity contribution is -0.151. The largest absolute Gasteiger partial charge is 0.451 e. The third-order valence-corrected chi connectivity index (χ3v) is 6.05. The van der Waals surface area contributed by atoms with Gasteiger partial charge in [-0.25, -0.2) is 4.79 Å². The quantitative estimate of drug-likeness (QED) is 0.444. The average molecular weight is 506 g/mol. The van der Waals surface area contributed by atoms with Crippen LogP contribution in [0.3, 0.4) is 0 Å². The number of hydrogen-bond donors (Lipinski definition) is 1. The highest BCUT2D eigenvalue weighted by atomic mass is 35.5. The van der Waals surface area contributed by atoms with E-state index in [1.165, 1.54) is 9.80 Å². The maximum absolute atomic E-state index is 13.6. The van der Waals surface area contributed by atoms with Crippen molar-refractivity contribution in [2.24, 2.45) is 0 Å². The van der Waals surface area contributed by atoms with Gasteiger partial charge in [0.15, 0.2) is 0 Å². The minimum atomic E-state index is -4.81. The first kappa shape index (κ1) is 24.7. The van der Waals surface area contributed by atoms with Crippen molar-refractivity contribution in [2.45, 2.75) is 31.6 Å². The normalized spacial score (nSPS) is 15.8. The van der Waals surface area contributed by atoms with E-state index in [9.17, 15) is 22.8 Å². The average Bonchev–Trinajstić information content (AvgIpc) is 3.48. The second-order valence-corrected chi connectivity index (χ2v) is 8.76. The van der Waals surface area contributed by atoms with Gasteiger partial charge in [0.2, 0.25) is 11.7 Å². The van der Waals surface area contributed by atoms with Gasteiger partial charge < -0.3 is 19.5 Å². The zero-order valence-electron chi connectivity index (χ0n) is 18.8. The molecule has 10 heteroatoms. The number of amides is 3. The Balaban J connectivity index is 1.50. The van der Waals surface area contributed by atoms with E-state index in [0.717, 1.165) is 11.6 Å². The number of carbonyl (C=O) groups excluding carboxylic acids is 2. The van der Waals surface area contributed by atoms with Crippen LogP contribution in [0.2, 0.25) is 5.02 Å². The molecule has 1 aliphatic rings. The van der Waals surface area contributed by atoms with Crippen LogP contribution >= 0.6 is 11.6 Å². The molecule has 0 saturated carbocycles. The number of likely N-dealkylation sites (N-methyl/N-ethyl adjacent to an activating group) is 1. The Morgan fingerprint density at radius 2 is 1.83 bits per heavy atom. The summed E-state index contributed by atoms with van der Waals surface area (Å²) >= 11 is 5.90. The SMILES string of the molecule is CN(Cc1ccc(Cl)cc1)C(=O)[C@H]1CCCN1C(=O)Nc1cc(-c2ccccc2)oc1C(F)(F)F. The fourth-order valence-electron chi connectivity index (χ4n) is 4.09. The molecule has 1 N–H and O–H groups in total. The topological polar surface area (TPSA) is 65.8 Å². The van der Waals surface area contributed by atoms with Crippen LogP contribution < -0.4 is 5.32 Å². The molecule has 3 aromatic rings. The summed E-state index contributed by atoms with van der Waals surface area (Å²) in [7, 11) is 1.62. The first-order chi connectivity index (χ1) is 16.6. The van der Waals surface area contributed by atoms with Crippen LogP contribution in [-0.2, 0) is 17.5 Å². The number of nitrogens with zero attached hydrogens (tertiary/aromatic N) is 2. The van der Waals surface area contributed by atoms with Gasteiger partial charge in [0.1, 0.15) is 11.8 Å². The van der Waals surface area contributed by atoms with Crippen molar-refractivity contribution in [1.29, 1.82) is 0 Å². The number of hydrogen-bond acceptors (Lipinski definition) is 3. The van der Waals surface area contributed by atoms with Crippen molar-refractivity contribution in [3.63, 3.8) is 0 Å². The molecule has 3 amide bonds. The highest BCUT2D eigenvalue weighted by Gasteiger charge is 2.41. The minimum absolute atomic E-state index is 0.0232. The molecule has 6 nitrogen and oxygen atoms in total. The van der Waals surface area contributed by atoms with Crippen LogP contribution in [0, 0.1) is 0 Å². The van der Waals surface area contributed by atoms with Gasteiger partial charge in [0.05, 0.1) is 5.69 Å². The molecule has 2 heterocycles. The molecule has 184 valence electrons. The molecule has 2 aromatic carbocycles. The number of rotatable bonds is 5. The molecule has 0 unspecified atom stereocenters. The summed E-state index contributed by atoms with van der Waals surface area (Å²) in [5, 5.41) is 2.89. The predicted molar refractivity (Wildman–Crippen MR) is 126 cm³/mol. The van der Waals surface area contributed by atoms with Crippen LogP contribution in [0.5, 0.6) is 0 Å². The first-order valence-corrected chi connectivity index (χ1v) is 11.3. The summed E-state index contributed by atoms with van der Waals surface area (Å²) in [5.41, 5.74) is 0.812. The van der Waals surface area contributed by atoms with E-state index in [0.29, 0.717) is 30.0 Å². The Morgan fingerprint density at radius 1 is 1.14 bits per heavy atom. The summed E-state index contributed by atoms with van der Waals surface area (Å²) in [5.74, 6) is -1.61. The molecule has 1 saturated heterocycles. The van der Waals surface area contributed by atoms with Crippen LogP contribution in [-0.4, -0.2) is 41.4 Å². The summed E-state index contributed by atoms with van der Waals surface area (Å²) in [6.07, 6.45) is -3.83. The van der Waals surface area contributed by atoms with Gasteiger partial charge in [0.25, 0.3) is 0 Å². The van der Waals surface area contributed by atoms with Crippen molar-refractivity contribution >= 4 is 29.2 Å². The Labute approximate surface area is 205 Å². The van der Waals surface area contributed by atoms with E-state index in [1.54, 1.807) is 61.6 Å². The maximum Gasteiger partial charge on any atom is 0.451 e. The Hall–Kier alpha value is -3.46. The molecule has 0 radical (unpaired) electrons. The summed E-state index contributed by atoms with van der Waals surface area (Å²) < 4.78 is 45.9. The number of nitrogens with one attached hydrogen (secondary N) is 1. The van der Waals surface area contributed by atoms with E-state index in [-0.39, 0.29) is 18.2 Å². The van der Waals surface area contributed by atoms with Crippen LogP contribution in [0.1, 0.15) is 24.2 Å². The van der Waals surface area contributed by atoms with Gasteiger partial charge in [-0.2, -0.15) is 13.2 Å². The summed E-state index contributed by atoms with van der Waals surface area (Å²) in [6.45, 7) is 0.560. The van der Waals surface area contributed by atoms with Crippen molar-refractivity contribution in [2.75, 3.05) is 18.9 Å². The van der Waals surface area contributed by atoms with Crippen LogP contribution in [0.15, 0.2) is 65.1 Å². The van der Waals surface area contributed by atoms with Crippen LogP contribution in [0.4, 0.5) is 23.7 Å². The Morgan fingerprint density at radius 3 is 2.49 bits per heavy atom. The Bertz CT molecular complexity index is 1200. The highest BCUT2D eigenvalue weighted by Crippen LogP contribution is 2.40. The van der Waals surface area contributed by atoms with Gasteiger partial charge in [0, 0.05) is 36.8 Å². The van der Waals surface area contributed by atoms with Gasteiger partial charge in [-0.05, 0) is 30.5 Å². The number of likely N-dealkylation sites (tertiary alicyclic amines) is 1. The van der Waals surface area contributed by atoms with E-state index in [2.05, 4.69) is 5.32 Å². The number of urea groups is 1. The number of alkyl halides is 3. The molecule has 1 fully saturated rings. The smallest absolute Gasteiger partial charge is 0.449 e. The zero-order valence-corrected chi connectivity index (χ0v) is 19.6. The van der Waals surface area contributed by atoms with E-state index < -0.39 is 29.7 Å². The predicted octanol–water partition coefficient (Wildman–Crippen LogP) is 6.27. The molecule has 1 aliphatic heterocycles. The molecule has 1 atom stereocenters.